The smallest absolute Gasteiger partial charge is 0.247 e. The second-order valence-electron chi connectivity index (χ2n) is 7.66. The zero-order chi connectivity index (χ0) is 18.9. The number of nitrogens with zero attached hydrogens (tertiary/aromatic N) is 2. The monoisotopic (exact) mass is 365 g/mol. The average Bonchev–Trinajstić information content (AvgIpc) is 2.99. The molecule has 5 nitrogen and oxygen atoms in total. The van der Waals surface area contributed by atoms with Crippen molar-refractivity contribution >= 4 is 11.6 Å². The van der Waals surface area contributed by atoms with Gasteiger partial charge >= 0.3 is 0 Å². The fourth-order valence-electron chi connectivity index (χ4n) is 4.42. The predicted molar refractivity (Wildman–Crippen MR) is 107 cm³/mol. The van der Waals surface area contributed by atoms with Crippen LogP contribution in [-0.4, -0.2) is 47.8 Å². The van der Waals surface area contributed by atoms with E-state index in [2.05, 4.69) is 27.2 Å². The summed E-state index contributed by atoms with van der Waals surface area (Å²) in [7, 11) is 0. The highest BCUT2D eigenvalue weighted by molar-refractivity contribution is 5.93. The van der Waals surface area contributed by atoms with E-state index in [1.165, 1.54) is 5.56 Å². The third-order valence-corrected chi connectivity index (χ3v) is 6.11. The summed E-state index contributed by atoms with van der Waals surface area (Å²) in [6, 6.07) is 15.8. The third kappa shape index (κ3) is 3.39. The van der Waals surface area contributed by atoms with Gasteiger partial charge in [0.15, 0.2) is 0 Å². The van der Waals surface area contributed by atoms with Crippen LogP contribution in [0.3, 0.4) is 0 Å². The maximum Gasteiger partial charge on any atom is 0.247 e. The van der Waals surface area contributed by atoms with Crippen molar-refractivity contribution in [2.75, 3.05) is 31.2 Å². The Morgan fingerprint density at radius 2 is 1.85 bits per heavy atom. The largest absolute Gasteiger partial charge is 0.508 e. The summed E-state index contributed by atoms with van der Waals surface area (Å²) in [5.74, 6) is 0.491. The van der Waals surface area contributed by atoms with Crippen molar-refractivity contribution in [3.63, 3.8) is 0 Å². The first kappa shape index (κ1) is 17.9. The van der Waals surface area contributed by atoms with Gasteiger partial charge in [0.2, 0.25) is 5.91 Å². The normalized spacial score (nSPS) is 19.4. The number of para-hydroxylation sites is 1. The number of rotatable bonds is 4. The lowest BCUT2D eigenvalue weighted by atomic mass is 9.85. The summed E-state index contributed by atoms with van der Waals surface area (Å²) < 4.78 is 0. The van der Waals surface area contributed by atoms with Crippen LogP contribution in [0.1, 0.15) is 24.0 Å². The number of hydrogen-bond donors (Lipinski definition) is 2. The molecule has 0 aromatic heterocycles. The predicted octanol–water partition coefficient (Wildman–Crippen LogP) is 2.67. The van der Waals surface area contributed by atoms with Crippen LogP contribution < -0.4 is 10.2 Å². The second kappa shape index (κ2) is 7.24. The fourth-order valence-corrected chi connectivity index (χ4v) is 4.42. The molecule has 2 heterocycles. The molecule has 0 radical (unpaired) electrons. The lowest BCUT2D eigenvalue weighted by Crippen LogP contribution is -2.56. The summed E-state index contributed by atoms with van der Waals surface area (Å²) >= 11 is 0. The molecule has 142 valence electrons. The SMILES string of the molecule is Cc1cc(O)ccc1CCN1CCC2(CC1)C(=O)NCN2c1ccccc1. The van der Waals surface area contributed by atoms with Gasteiger partial charge in [-0.05, 0) is 61.6 Å². The molecule has 5 heteroatoms. The molecule has 2 aliphatic heterocycles. The van der Waals surface area contributed by atoms with Gasteiger partial charge in [0.1, 0.15) is 11.3 Å². The Balaban J connectivity index is 1.40. The van der Waals surface area contributed by atoms with Crippen LogP contribution in [0.2, 0.25) is 0 Å². The molecule has 2 saturated heterocycles. The van der Waals surface area contributed by atoms with E-state index in [0.717, 1.165) is 50.1 Å². The number of phenolic OH excluding ortho intramolecular Hbond substituents is 1. The van der Waals surface area contributed by atoms with Gasteiger partial charge in [0, 0.05) is 25.3 Å². The molecular formula is C22H27N3O2. The molecule has 0 bridgehead atoms. The molecule has 2 aromatic carbocycles. The number of aryl methyl sites for hydroxylation is 1. The van der Waals surface area contributed by atoms with Gasteiger partial charge in [-0.25, -0.2) is 0 Å². The fraction of sp³-hybridized carbons (Fsp3) is 0.409. The number of carbonyl (C=O) groups is 1. The number of phenols is 1. The van der Waals surface area contributed by atoms with Crippen LogP contribution in [0.5, 0.6) is 5.75 Å². The molecule has 2 aliphatic rings. The van der Waals surface area contributed by atoms with Gasteiger partial charge in [0.25, 0.3) is 0 Å². The van der Waals surface area contributed by atoms with Gasteiger partial charge in [-0.2, -0.15) is 0 Å². The minimum absolute atomic E-state index is 0.167. The van der Waals surface area contributed by atoms with Crippen LogP contribution in [0.4, 0.5) is 5.69 Å². The van der Waals surface area contributed by atoms with E-state index in [4.69, 9.17) is 0 Å². The van der Waals surface area contributed by atoms with Crippen LogP contribution in [0, 0.1) is 6.92 Å². The number of amides is 1. The maximum atomic E-state index is 12.7. The van der Waals surface area contributed by atoms with Crippen molar-refractivity contribution in [2.45, 2.75) is 31.7 Å². The number of likely N-dealkylation sites (tertiary alicyclic amines) is 1. The zero-order valence-electron chi connectivity index (χ0n) is 15.8. The lowest BCUT2D eigenvalue weighted by molar-refractivity contribution is -0.125. The van der Waals surface area contributed by atoms with Crippen molar-refractivity contribution in [1.29, 1.82) is 0 Å². The first-order valence-electron chi connectivity index (χ1n) is 9.70. The Kier molecular flexibility index (Phi) is 4.79. The molecule has 0 atom stereocenters. The van der Waals surface area contributed by atoms with Gasteiger partial charge < -0.3 is 20.2 Å². The lowest BCUT2D eigenvalue weighted by Gasteiger charge is -2.43. The highest BCUT2D eigenvalue weighted by Crippen LogP contribution is 2.36. The molecule has 4 rings (SSSR count). The van der Waals surface area contributed by atoms with E-state index in [1.54, 1.807) is 6.07 Å². The summed E-state index contributed by atoms with van der Waals surface area (Å²) in [6.45, 7) is 5.47. The van der Waals surface area contributed by atoms with Crippen LogP contribution in [-0.2, 0) is 11.2 Å². The van der Waals surface area contributed by atoms with E-state index in [0.29, 0.717) is 12.4 Å². The quantitative estimate of drug-likeness (QED) is 0.875. The van der Waals surface area contributed by atoms with Gasteiger partial charge in [-0.3, -0.25) is 4.79 Å². The highest BCUT2D eigenvalue weighted by Gasteiger charge is 2.50. The van der Waals surface area contributed by atoms with Crippen LogP contribution in [0.25, 0.3) is 0 Å². The highest BCUT2D eigenvalue weighted by atomic mass is 16.3. The maximum absolute atomic E-state index is 12.7. The number of anilines is 1. The summed E-state index contributed by atoms with van der Waals surface area (Å²) in [6.07, 6.45) is 2.66. The van der Waals surface area contributed by atoms with E-state index in [1.807, 2.05) is 37.3 Å². The molecule has 27 heavy (non-hydrogen) atoms. The third-order valence-electron chi connectivity index (χ3n) is 6.11. The minimum atomic E-state index is -0.410. The summed E-state index contributed by atoms with van der Waals surface area (Å²) in [5.41, 5.74) is 3.11. The minimum Gasteiger partial charge on any atom is -0.508 e. The Morgan fingerprint density at radius 3 is 2.56 bits per heavy atom. The standard InChI is InChI=1S/C22H27N3O2/c1-17-15-20(26)8-7-18(17)9-12-24-13-10-22(11-14-24)21(27)23-16-25(22)19-5-3-2-4-6-19/h2-8,15,26H,9-14,16H2,1H3,(H,23,27). The Labute approximate surface area is 160 Å². The number of carbonyl (C=O) groups excluding carboxylic acids is 1. The van der Waals surface area contributed by atoms with Gasteiger partial charge in [-0.1, -0.05) is 24.3 Å². The molecule has 2 N–H and O–H groups in total. The Bertz CT molecular complexity index is 814. The van der Waals surface area contributed by atoms with Crippen molar-refractivity contribution in [3.8, 4) is 5.75 Å². The Morgan fingerprint density at radius 1 is 1.11 bits per heavy atom. The molecule has 0 saturated carbocycles. The van der Waals surface area contributed by atoms with Crippen molar-refractivity contribution in [3.05, 3.63) is 59.7 Å². The molecular weight excluding hydrogens is 338 g/mol. The molecule has 1 spiro atoms. The number of aromatic hydroxyl groups is 1. The topological polar surface area (TPSA) is 55.8 Å². The Hall–Kier alpha value is -2.53. The number of nitrogens with one attached hydrogen (secondary N) is 1. The van der Waals surface area contributed by atoms with E-state index >= 15 is 0 Å². The molecule has 0 aliphatic carbocycles. The summed E-state index contributed by atoms with van der Waals surface area (Å²) in [5, 5.41) is 12.6. The van der Waals surface area contributed by atoms with Crippen LogP contribution in [0.15, 0.2) is 48.5 Å². The number of hydrogen-bond acceptors (Lipinski definition) is 4. The van der Waals surface area contributed by atoms with Crippen LogP contribution >= 0.6 is 0 Å². The molecule has 1 amide bonds. The molecule has 2 aromatic rings. The van der Waals surface area contributed by atoms with Crippen molar-refractivity contribution < 1.29 is 9.90 Å². The van der Waals surface area contributed by atoms with Gasteiger partial charge in [0.05, 0.1) is 6.67 Å². The van der Waals surface area contributed by atoms with E-state index < -0.39 is 5.54 Å². The molecule has 0 unspecified atom stereocenters. The number of benzene rings is 2. The second-order valence-corrected chi connectivity index (χ2v) is 7.66. The average molecular weight is 365 g/mol. The first-order chi connectivity index (χ1) is 13.1. The number of piperidine rings is 1. The molecule has 2 fully saturated rings. The van der Waals surface area contributed by atoms with E-state index in [9.17, 15) is 9.90 Å². The summed E-state index contributed by atoms with van der Waals surface area (Å²) in [4.78, 5) is 17.4. The van der Waals surface area contributed by atoms with Crippen molar-refractivity contribution in [1.82, 2.24) is 10.2 Å². The first-order valence-corrected chi connectivity index (χ1v) is 9.70. The van der Waals surface area contributed by atoms with E-state index in [-0.39, 0.29) is 5.91 Å². The van der Waals surface area contributed by atoms with Gasteiger partial charge in [-0.15, -0.1) is 0 Å². The van der Waals surface area contributed by atoms with Crippen molar-refractivity contribution in [2.24, 2.45) is 0 Å². The zero-order valence-corrected chi connectivity index (χ0v) is 15.8.